The molecule has 0 aromatic heterocycles. The molecule has 1 aliphatic rings. The summed E-state index contributed by atoms with van der Waals surface area (Å²) in [6, 6.07) is -0.470. The minimum absolute atomic E-state index is 0.0579. The fraction of sp³-hybridized carbons (Fsp3) is 1.00. The highest BCUT2D eigenvalue weighted by atomic mass is 32.2. The van der Waals surface area contributed by atoms with Crippen LogP contribution in [0.25, 0.3) is 0 Å². The summed E-state index contributed by atoms with van der Waals surface area (Å²) in [4.78, 5) is 0. The molecule has 0 radical (unpaired) electrons. The lowest BCUT2D eigenvalue weighted by Gasteiger charge is -2.28. The Balaban J connectivity index is 2.64. The van der Waals surface area contributed by atoms with Gasteiger partial charge in [-0.15, -0.1) is 0 Å². The molecular formula is C8H17NO4S. The van der Waals surface area contributed by atoms with E-state index in [9.17, 15) is 13.5 Å². The molecule has 0 aromatic rings. The molecule has 0 aromatic carbocycles. The Morgan fingerprint density at radius 1 is 1.43 bits per heavy atom. The Kier molecular flexibility index (Phi) is 3.20. The highest BCUT2D eigenvalue weighted by Gasteiger charge is 2.38. The van der Waals surface area contributed by atoms with E-state index in [0.717, 1.165) is 0 Å². The van der Waals surface area contributed by atoms with Gasteiger partial charge in [-0.3, -0.25) is 0 Å². The van der Waals surface area contributed by atoms with Crippen LogP contribution in [-0.2, 0) is 9.84 Å². The maximum Gasteiger partial charge on any atom is 0.154 e. The van der Waals surface area contributed by atoms with Gasteiger partial charge in [-0.2, -0.15) is 0 Å². The molecule has 0 amide bonds. The van der Waals surface area contributed by atoms with Crippen LogP contribution in [0.1, 0.15) is 13.8 Å². The number of nitrogens with one attached hydrogen (secondary N) is 1. The molecule has 1 heterocycles. The average molecular weight is 223 g/mol. The van der Waals surface area contributed by atoms with Crippen molar-refractivity contribution < 1.29 is 18.6 Å². The van der Waals surface area contributed by atoms with E-state index in [1.54, 1.807) is 13.8 Å². The Morgan fingerprint density at radius 3 is 2.36 bits per heavy atom. The number of hydrogen-bond acceptors (Lipinski definition) is 5. The maximum atomic E-state index is 11.2. The fourth-order valence-corrected chi connectivity index (χ4v) is 3.26. The van der Waals surface area contributed by atoms with Crippen LogP contribution in [0.4, 0.5) is 0 Å². The molecule has 1 aliphatic heterocycles. The molecule has 1 rings (SSSR count). The smallest absolute Gasteiger partial charge is 0.154 e. The monoisotopic (exact) mass is 223 g/mol. The first kappa shape index (κ1) is 11.9. The molecule has 14 heavy (non-hydrogen) atoms. The lowest BCUT2D eigenvalue weighted by atomic mass is 10.0. The van der Waals surface area contributed by atoms with Crippen molar-refractivity contribution in [3.63, 3.8) is 0 Å². The fourth-order valence-electron chi connectivity index (χ4n) is 1.51. The molecule has 0 saturated carbocycles. The van der Waals surface area contributed by atoms with Crippen LogP contribution in [0.15, 0.2) is 0 Å². The Labute approximate surface area is 84.1 Å². The summed E-state index contributed by atoms with van der Waals surface area (Å²) in [5, 5.41) is 21.4. The molecule has 5 nitrogen and oxygen atoms in total. The predicted molar refractivity (Wildman–Crippen MR) is 52.7 cm³/mol. The molecule has 2 unspecified atom stereocenters. The van der Waals surface area contributed by atoms with E-state index in [-0.39, 0.29) is 18.1 Å². The van der Waals surface area contributed by atoms with Gasteiger partial charge in [-0.1, -0.05) is 0 Å². The molecule has 1 fully saturated rings. The van der Waals surface area contributed by atoms with Crippen LogP contribution in [0, 0.1) is 0 Å². The number of sulfone groups is 1. The lowest BCUT2D eigenvalue weighted by Crippen LogP contribution is -2.52. The summed E-state index contributed by atoms with van der Waals surface area (Å²) in [5.41, 5.74) is -0.564. The van der Waals surface area contributed by atoms with Crippen LogP contribution >= 0.6 is 0 Å². The summed E-state index contributed by atoms with van der Waals surface area (Å²) in [6.07, 6.45) is -0.870. The third-order valence-corrected chi connectivity index (χ3v) is 4.01. The molecule has 0 bridgehead atoms. The molecule has 0 spiro atoms. The predicted octanol–water partition coefficient (Wildman–Crippen LogP) is -1.50. The average Bonchev–Trinajstić information content (AvgIpc) is 2.24. The van der Waals surface area contributed by atoms with E-state index in [1.165, 1.54) is 0 Å². The van der Waals surface area contributed by atoms with Crippen molar-refractivity contribution in [1.29, 1.82) is 0 Å². The number of aliphatic hydroxyl groups is 2. The zero-order valence-corrected chi connectivity index (χ0v) is 9.21. The van der Waals surface area contributed by atoms with Crippen molar-refractivity contribution in [2.45, 2.75) is 31.5 Å². The van der Waals surface area contributed by atoms with Crippen molar-refractivity contribution >= 4 is 9.84 Å². The summed E-state index contributed by atoms with van der Waals surface area (Å²) in [5.74, 6) is -0.246. The number of hydrogen-bond donors (Lipinski definition) is 3. The number of rotatable bonds is 3. The molecule has 1 saturated heterocycles. The first-order chi connectivity index (χ1) is 6.26. The van der Waals surface area contributed by atoms with Crippen molar-refractivity contribution in [2.75, 3.05) is 18.1 Å². The third-order valence-electron chi connectivity index (χ3n) is 2.29. The quantitative estimate of drug-likeness (QED) is 0.542. The van der Waals surface area contributed by atoms with Crippen LogP contribution in [0.3, 0.4) is 0 Å². The van der Waals surface area contributed by atoms with E-state index >= 15 is 0 Å². The Bertz CT molecular complexity index is 298. The molecule has 6 heteroatoms. The van der Waals surface area contributed by atoms with Crippen molar-refractivity contribution in [1.82, 2.24) is 5.32 Å². The molecule has 84 valence electrons. The van der Waals surface area contributed by atoms with Crippen LogP contribution < -0.4 is 5.32 Å². The largest absolute Gasteiger partial charge is 0.394 e. The second kappa shape index (κ2) is 3.77. The molecule has 2 atom stereocenters. The summed E-state index contributed by atoms with van der Waals surface area (Å²) in [7, 11) is -3.12. The van der Waals surface area contributed by atoms with Gasteiger partial charge in [-0.05, 0) is 13.8 Å². The molecular weight excluding hydrogens is 206 g/mol. The van der Waals surface area contributed by atoms with Crippen LogP contribution in [-0.4, -0.2) is 54.4 Å². The second-order valence-corrected chi connectivity index (χ2v) is 6.59. The van der Waals surface area contributed by atoms with E-state index in [2.05, 4.69) is 5.32 Å². The normalized spacial score (nSPS) is 32.0. The first-order valence-corrected chi connectivity index (χ1v) is 6.35. The molecule has 3 N–H and O–H groups in total. The Morgan fingerprint density at radius 2 is 2.00 bits per heavy atom. The molecule has 0 aliphatic carbocycles. The zero-order chi connectivity index (χ0) is 11.0. The minimum Gasteiger partial charge on any atom is -0.394 e. The van der Waals surface area contributed by atoms with Gasteiger partial charge in [0.05, 0.1) is 24.2 Å². The standard InChI is InChI=1S/C8H17NO4S/c1-8(2,5-10)9-6-3-14(12,13)4-7(6)11/h6-7,9-11H,3-5H2,1-2H3. The van der Waals surface area contributed by atoms with Gasteiger partial charge < -0.3 is 15.5 Å². The van der Waals surface area contributed by atoms with Crippen LogP contribution in [0.5, 0.6) is 0 Å². The SMILES string of the molecule is CC(C)(CO)NC1CS(=O)(=O)CC1O. The topological polar surface area (TPSA) is 86.6 Å². The van der Waals surface area contributed by atoms with Gasteiger partial charge in [0, 0.05) is 11.6 Å². The third kappa shape index (κ3) is 2.91. The van der Waals surface area contributed by atoms with Crippen molar-refractivity contribution in [3.8, 4) is 0 Å². The second-order valence-electron chi connectivity index (χ2n) is 4.44. The highest BCUT2D eigenvalue weighted by molar-refractivity contribution is 7.91. The summed E-state index contributed by atoms with van der Waals surface area (Å²) in [6.45, 7) is 3.41. The zero-order valence-electron chi connectivity index (χ0n) is 8.40. The van der Waals surface area contributed by atoms with E-state index < -0.39 is 27.5 Å². The highest BCUT2D eigenvalue weighted by Crippen LogP contribution is 2.15. The first-order valence-electron chi connectivity index (χ1n) is 4.53. The summed E-state index contributed by atoms with van der Waals surface area (Å²) >= 11 is 0. The van der Waals surface area contributed by atoms with Gasteiger partial charge in [0.15, 0.2) is 9.84 Å². The Hall–Kier alpha value is -0.170. The van der Waals surface area contributed by atoms with Crippen LogP contribution in [0.2, 0.25) is 0 Å². The van der Waals surface area contributed by atoms with E-state index in [1.807, 2.05) is 0 Å². The van der Waals surface area contributed by atoms with E-state index in [0.29, 0.717) is 0 Å². The summed E-state index contributed by atoms with van der Waals surface area (Å²) < 4.78 is 22.3. The van der Waals surface area contributed by atoms with E-state index in [4.69, 9.17) is 5.11 Å². The van der Waals surface area contributed by atoms with Gasteiger partial charge in [0.2, 0.25) is 0 Å². The van der Waals surface area contributed by atoms with Gasteiger partial charge in [-0.25, -0.2) is 8.42 Å². The lowest BCUT2D eigenvalue weighted by molar-refractivity contribution is 0.120. The van der Waals surface area contributed by atoms with Gasteiger partial charge in [0.1, 0.15) is 0 Å². The van der Waals surface area contributed by atoms with Crippen molar-refractivity contribution in [2.24, 2.45) is 0 Å². The minimum atomic E-state index is -3.12. The van der Waals surface area contributed by atoms with Crippen molar-refractivity contribution in [3.05, 3.63) is 0 Å². The number of aliphatic hydroxyl groups excluding tert-OH is 2. The van der Waals surface area contributed by atoms with Gasteiger partial charge in [0.25, 0.3) is 0 Å². The maximum absolute atomic E-state index is 11.2. The van der Waals surface area contributed by atoms with Gasteiger partial charge >= 0.3 is 0 Å².